The molecule has 2 rings (SSSR count). The van der Waals surface area contributed by atoms with Crippen LogP contribution >= 0.6 is 0 Å². The maximum Gasteiger partial charge on any atom is 0.328 e. The predicted octanol–water partition coefficient (Wildman–Crippen LogP) is 1.20. The highest BCUT2D eigenvalue weighted by Crippen LogP contribution is 2.25. The maximum absolute atomic E-state index is 12.5. The highest BCUT2D eigenvalue weighted by Gasteiger charge is 2.25. The van der Waals surface area contributed by atoms with Gasteiger partial charge in [-0.05, 0) is 26.7 Å². The van der Waals surface area contributed by atoms with E-state index in [1.54, 1.807) is 13.8 Å². The zero-order valence-corrected chi connectivity index (χ0v) is 14.7. The number of sulfonamides is 1. The Labute approximate surface area is 141 Å². The van der Waals surface area contributed by atoms with Crippen molar-refractivity contribution in [3.8, 4) is 0 Å². The fourth-order valence-corrected chi connectivity index (χ4v) is 3.56. The number of carbonyl (C=O) groups is 1. The summed E-state index contributed by atoms with van der Waals surface area (Å²) in [6.07, 6.45) is 6.31. The molecule has 0 aromatic carbocycles. The lowest BCUT2D eigenvalue weighted by Gasteiger charge is -2.24. The molecule has 0 saturated heterocycles. The Morgan fingerprint density at radius 2 is 1.96 bits per heavy atom. The topological polar surface area (TPSA) is 139 Å². The van der Waals surface area contributed by atoms with E-state index >= 15 is 0 Å². The van der Waals surface area contributed by atoms with Gasteiger partial charge >= 0.3 is 6.03 Å². The van der Waals surface area contributed by atoms with Gasteiger partial charge in [-0.2, -0.15) is 4.98 Å². The number of amides is 2. The molecule has 1 aliphatic rings. The predicted molar refractivity (Wildman–Crippen MR) is 90.9 cm³/mol. The molecular formula is C14H24N6O3S. The first-order valence-corrected chi connectivity index (χ1v) is 9.48. The normalized spacial score (nSPS) is 16.0. The first-order valence-electron chi connectivity index (χ1n) is 8.00. The fraction of sp³-hybridized carbons (Fsp3) is 0.643. The molecule has 1 aliphatic carbocycles. The lowest BCUT2D eigenvalue weighted by Crippen LogP contribution is -2.42. The molecule has 1 heterocycles. The van der Waals surface area contributed by atoms with E-state index in [0.717, 1.165) is 31.9 Å². The molecule has 0 spiro atoms. The van der Waals surface area contributed by atoms with Crippen molar-refractivity contribution in [2.45, 2.75) is 62.9 Å². The molecule has 0 radical (unpaired) electrons. The summed E-state index contributed by atoms with van der Waals surface area (Å²) in [5, 5.41) is 5.59. The fourth-order valence-electron chi connectivity index (χ4n) is 2.59. The number of nitrogens with zero attached hydrogens (tertiary/aromatic N) is 2. The Morgan fingerprint density at radius 1 is 1.29 bits per heavy atom. The number of anilines is 2. The zero-order chi connectivity index (χ0) is 17.7. The number of hydrogen-bond donors (Lipinski definition) is 4. The second kappa shape index (κ2) is 7.65. The lowest BCUT2D eigenvalue weighted by molar-refractivity contribution is 0.243. The highest BCUT2D eigenvalue weighted by atomic mass is 32.2. The summed E-state index contributed by atoms with van der Waals surface area (Å²) in [4.78, 5) is 19.3. The van der Waals surface area contributed by atoms with Crippen molar-refractivity contribution < 1.29 is 13.2 Å². The SMILES string of the molecule is CC(C)NC(=O)NS(=O)(=O)c1cnc(N)nc1NC1CCCCC1. The van der Waals surface area contributed by atoms with Crippen LogP contribution in [-0.2, 0) is 10.0 Å². The molecule has 0 atom stereocenters. The Kier molecular flexibility index (Phi) is 5.81. The second-order valence-corrected chi connectivity index (χ2v) is 7.80. The molecule has 0 bridgehead atoms. The smallest absolute Gasteiger partial charge is 0.328 e. The maximum atomic E-state index is 12.5. The molecule has 1 saturated carbocycles. The van der Waals surface area contributed by atoms with E-state index in [9.17, 15) is 13.2 Å². The summed E-state index contributed by atoms with van der Waals surface area (Å²) in [6.45, 7) is 3.46. The van der Waals surface area contributed by atoms with Crippen molar-refractivity contribution in [2.75, 3.05) is 11.1 Å². The van der Waals surface area contributed by atoms with Gasteiger partial charge in [-0.1, -0.05) is 19.3 Å². The van der Waals surface area contributed by atoms with Gasteiger partial charge in [0, 0.05) is 12.1 Å². The van der Waals surface area contributed by atoms with Crippen molar-refractivity contribution in [3.63, 3.8) is 0 Å². The van der Waals surface area contributed by atoms with Crippen LogP contribution in [0.15, 0.2) is 11.1 Å². The molecule has 1 aromatic rings. The Morgan fingerprint density at radius 3 is 2.58 bits per heavy atom. The van der Waals surface area contributed by atoms with Gasteiger partial charge in [0.15, 0.2) is 5.82 Å². The van der Waals surface area contributed by atoms with E-state index in [2.05, 4.69) is 20.6 Å². The summed E-state index contributed by atoms with van der Waals surface area (Å²) in [7, 11) is -4.11. The van der Waals surface area contributed by atoms with Gasteiger partial charge in [0.2, 0.25) is 5.95 Å². The van der Waals surface area contributed by atoms with E-state index in [4.69, 9.17) is 5.73 Å². The van der Waals surface area contributed by atoms with Crippen LogP contribution in [0.2, 0.25) is 0 Å². The molecule has 9 nitrogen and oxygen atoms in total. The molecule has 24 heavy (non-hydrogen) atoms. The minimum Gasteiger partial charge on any atom is -0.368 e. The largest absolute Gasteiger partial charge is 0.368 e. The van der Waals surface area contributed by atoms with E-state index < -0.39 is 16.1 Å². The molecule has 5 N–H and O–H groups in total. The average molecular weight is 356 g/mol. The van der Waals surface area contributed by atoms with Crippen LogP contribution in [0, 0.1) is 0 Å². The molecule has 1 aromatic heterocycles. The molecular weight excluding hydrogens is 332 g/mol. The monoisotopic (exact) mass is 356 g/mol. The number of hydrogen-bond acceptors (Lipinski definition) is 7. The lowest BCUT2D eigenvalue weighted by atomic mass is 9.95. The summed E-state index contributed by atoms with van der Waals surface area (Å²) in [5.41, 5.74) is 5.59. The number of nitrogen functional groups attached to an aromatic ring is 1. The van der Waals surface area contributed by atoms with E-state index in [-0.39, 0.29) is 28.7 Å². The van der Waals surface area contributed by atoms with Gasteiger partial charge in [0.05, 0.1) is 6.20 Å². The van der Waals surface area contributed by atoms with Crippen LogP contribution in [0.5, 0.6) is 0 Å². The number of nitrogens with two attached hydrogens (primary N) is 1. The highest BCUT2D eigenvalue weighted by molar-refractivity contribution is 7.90. The third kappa shape index (κ3) is 4.95. The van der Waals surface area contributed by atoms with Crippen LogP contribution in [0.25, 0.3) is 0 Å². The summed E-state index contributed by atoms with van der Waals surface area (Å²) in [5.74, 6) is 0.0955. The van der Waals surface area contributed by atoms with E-state index in [1.165, 1.54) is 6.42 Å². The Balaban J connectivity index is 2.23. The second-order valence-electron chi connectivity index (χ2n) is 6.15. The first-order chi connectivity index (χ1) is 11.3. The van der Waals surface area contributed by atoms with Gasteiger partial charge in [-0.3, -0.25) is 0 Å². The van der Waals surface area contributed by atoms with Gasteiger partial charge in [0.25, 0.3) is 10.0 Å². The Hall–Kier alpha value is -2.10. The summed E-state index contributed by atoms with van der Waals surface area (Å²) < 4.78 is 26.9. The average Bonchev–Trinajstić information content (AvgIpc) is 2.46. The van der Waals surface area contributed by atoms with Crippen LogP contribution < -0.4 is 21.1 Å². The molecule has 134 valence electrons. The zero-order valence-electron chi connectivity index (χ0n) is 13.9. The number of rotatable bonds is 5. The van der Waals surface area contributed by atoms with Crippen LogP contribution in [0.4, 0.5) is 16.6 Å². The third-order valence-electron chi connectivity index (χ3n) is 3.66. The van der Waals surface area contributed by atoms with Gasteiger partial charge in [0.1, 0.15) is 4.90 Å². The van der Waals surface area contributed by atoms with Crippen molar-refractivity contribution >= 4 is 27.8 Å². The van der Waals surface area contributed by atoms with Gasteiger partial charge in [-0.25, -0.2) is 22.9 Å². The first kappa shape index (κ1) is 18.2. The molecule has 10 heteroatoms. The standard InChI is InChI=1S/C14H24N6O3S/c1-9(2)17-14(21)20-24(22,23)11-8-16-13(15)19-12(11)18-10-6-4-3-5-7-10/h8-10H,3-7H2,1-2H3,(H2,17,20,21)(H3,15,16,18,19). The van der Waals surface area contributed by atoms with Crippen molar-refractivity contribution in [1.29, 1.82) is 0 Å². The number of carbonyl (C=O) groups excluding carboxylic acids is 1. The Bertz CT molecular complexity index is 686. The van der Waals surface area contributed by atoms with Crippen molar-refractivity contribution in [3.05, 3.63) is 6.20 Å². The van der Waals surface area contributed by atoms with E-state index in [1.807, 2.05) is 4.72 Å². The van der Waals surface area contributed by atoms with E-state index in [0.29, 0.717) is 0 Å². The quantitative estimate of drug-likeness (QED) is 0.621. The molecule has 2 amide bonds. The number of nitrogens with one attached hydrogen (secondary N) is 3. The van der Waals surface area contributed by atoms with Crippen molar-refractivity contribution in [1.82, 2.24) is 20.0 Å². The number of aromatic nitrogens is 2. The minimum atomic E-state index is -4.11. The van der Waals surface area contributed by atoms with Crippen molar-refractivity contribution in [2.24, 2.45) is 0 Å². The molecule has 0 aliphatic heterocycles. The summed E-state index contributed by atoms with van der Waals surface area (Å²) in [6, 6.07) is -0.861. The summed E-state index contributed by atoms with van der Waals surface area (Å²) >= 11 is 0. The van der Waals surface area contributed by atoms with Crippen LogP contribution in [-0.4, -0.2) is 36.5 Å². The number of urea groups is 1. The van der Waals surface area contributed by atoms with Gasteiger partial charge in [-0.15, -0.1) is 0 Å². The molecule has 0 unspecified atom stereocenters. The van der Waals surface area contributed by atoms with Crippen LogP contribution in [0.3, 0.4) is 0 Å². The third-order valence-corrected chi connectivity index (χ3v) is 4.99. The molecule has 1 fully saturated rings. The minimum absolute atomic E-state index is 0.0288. The van der Waals surface area contributed by atoms with Gasteiger partial charge < -0.3 is 16.4 Å². The van der Waals surface area contributed by atoms with Crippen LogP contribution in [0.1, 0.15) is 46.0 Å².